The van der Waals surface area contributed by atoms with E-state index in [1.54, 1.807) is 0 Å². The molecule has 0 aromatic rings. The summed E-state index contributed by atoms with van der Waals surface area (Å²) >= 11 is 0. The molecule has 1 nitrogen and oxygen atoms in total. The molecule has 0 amide bonds. The zero-order valence-corrected chi connectivity index (χ0v) is 5.21. The first kappa shape index (κ1) is 6.02. The summed E-state index contributed by atoms with van der Waals surface area (Å²) < 4.78 is 12.6. The van der Waals surface area contributed by atoms with Gasteiger partial charge in [-0.05, 0) is 19.4 Å². The minimum atomic E-state index is -0.810. The molecular weight excluding hydrogens is 105 g/mol. The molecule has 0 saturated heterocycles. The molecule has 0 aromatic carbocycles. The van der Waals surface area contributed by atoms with Gasteiger partial charge in [-0.1, -0.05) is 6.92 Å². The Hall–Kier alpha value is -0.110. The summed E-state index contributed by atoms with van der Waals surface area (Å²) in [6.45, 7) is 3.43. The Morgan fingerprint density at radius 1 is 1.75 bits per heavy atom. The lowest BCUT2D eigenvalue weighted by Gasteiger charge is -2.02. The SMILES string of the molecule is CCNCC1(F)CC1.[HH]. The van der Waals surface area contributed by atoms with Gasteiger partial charge in [0.15, 0.2) is 0 Å². The molecule has 1 aliphatic rings. The second-order valence-corrected chi connectivity index (χ2v) is 2.43. The van der Waals surface area contributed by atoms with Gasteiger partial charge in [0.1, 0.15) is 5.67 Å². The Morgan fingerprint density at radius 3 is 2.75 bits per heavy atom. The number of rotatable bonds is 3. The Balaban J connectivity index is 0.000000640. The van der Waals surface area contributed by atoms with Gasteiger partial charge in [0.2, 0.25) is 0 Å². The first-order valence-corrected chi connectivity index (χ1v) is 3.16. The molecule has 0 spiro atoms. The minimum Gasteiger partial charge on any atom is -0.314 e. The molecule has 2 heteroatoms. The Bertz CT molecular complexity index is 83.1. The molecule has 1 saturated carbocycles. The van der Waals surface area contributed by atoms with Crippen molar-refractivity contribution in [1.29, 1.82) is 0 Å². The first-order chi connectivity index (χ1) is 3.77. The third kappa shape index (κ3) is 1.44. The quantitative estimate of drug-likeness (QED) is 0.591. The van der Waals surface area contributed by atoms with E-state index in [1.165, 1.54) is 0 Å². The fourth-order valence-electron chi connectivity index (χ4n) is 0.661. The van der Waals surface area contributed by atoms with Crippen LogP contribution in [0.5, 0.6) is 0 Å². The van der Waals surface area contributed by atoms with Gasteiger partial charge >= 0.3 is 0 Å². The fourth-order valence-corrected chi connectivity index (χ4v) is 0.661. The first-order valence-electron chi connectivity index (χ1n) is 3.16. The average molecular weight is 119 g/mol. The molecule has 0 aliphatic heterocycles. The second-order valence-electron chi connectivity index (χ2n) is 2.43. The van der Waals surface area contributed by atoms with E-state index >= 15 is 0 Å². The molecule has 0 atom stereocenters. The highest BCUT2D eigenvalue weighted by Gasteiger charge is 2.42. The number of hydrogen-bond acceptors (Lipinski definition) is 1. The lowest BCUT2D eigenvalue weighted by Crippen LogP contribution is -2.24. The lowest BCUT2D eigenvalue weighted by molar-refractivity contribution is 0.298. The summed E-state index contributed by atoms with van der Waals surface area (Å²) in [5, 5.41) is 2.98. The van der Waals surface area contributed by atoms with Gasteiger partial charge in [-0.3, -0.25) is 0 Å². The van der Waals surface area contributed by atoms with E-state index in [0.29, 0.717) is 6.54 Å². The van der Waals surface area contributed by atoms with Crippen LogP contribution < -0.4 is 5.32 Å². The van der Waals surface area contributed by atoms with Crippen molar-refractivity contribution in [3.05, 3.63) is 0 Å². The minimum absolute atomic E-state index is 0. The summed E-state index contributed by atoms with van der Waals surface area (Å²) in [7, 11) is 0. The van der Waals surface area contributed by atoms with E-state index in [2.05, 4.69) is 5.32 Å². The van der Waals surface area contributed by atoms with Crippen LogP contribution in [-0.2, 0) is 0 Å². The van der Waals surface area contributed by atoms with Crippen molar-refractivity contribution in [3.63, 3.8) is 0 Å². The van der Waals surface area contributed by atoms with Crippen LogP contribution in [0.3, 0.4) is 0 Å². The van der Waals surface area contributed by atoms with Crippen LogP contribution >= 0.6 is 0 Å². The van der Waals surface area contributed by atoms with E-state index < -0.39 is 5.67 Å². The summed E-state index contributed by atoms with van der Waals surface area (Å²) in [6, 6.07) is 0. The van der Waals surface area contributed by atoms with Crippen molar-refractivity contribution in [2.75, 3.05) is 13.1 Å². The van der Waals surface area contributed by atoms with Crippen LogP contribution in [0.2, 0.25) is 0 Å². The van der Waals surface area contributed by atoms with Crippen molar-refractivity contribution in [2.24, 2.45) is 0 Å². The van der Waals surface area contributed by atoms with Crippen LogP contribution in [0.4, 0.5) is 4.39 Å². The van der Waals surface area contributed by atoms with Gasteiger partial charge in [-0.15, -0.1) is 0 Å². The summed E-state index contributed by atoms with van der Waals surface area (Å²) in [4.78, 5) is 0. The predicted octanol–water partition coefficient (Wildman–Crippen LogP) is 1.34. The molecule has 0 bridgehead atoms. The highest BCUT2D eigenvalue weighted by Crippen LogP contribution is 2.38. The van der Waals surface area contributed by atoms with Crippen LogP contribution in [0, 0.1) is 0 Å². The molecule has 1 N–H and O–H groups in total. The highest BCUT2D eigenvalue weighted by molar-refractivity contribution is 4.95. The van der Waals surface area contributed by atoms with E-state index in [1.807, 2.05) is 6.92 Å². The standard InChI is InChI=1S/C6H12FN.H2/c1-2-8-5-6(7)3-4-6;/h8H,2-5H2,1H3;1H. The highest BCUT2D eigenvalue weighted by atomic mass is 19.1. The van der Waals surface area contributed by atoms with Crippen molar-refractivity contribution in [3.8, 4) is 0 Å². The number of nitrogens with one attached hydrogen (secondary N) is 1. The molecular formula is C6H14FN. The van der Waals surface area contributed by atoms with E-state index in [-0.39, 0.29) is 1.43 Å². The van der Waals surface area contributed by atoms with Crippen molar-refractivity contribution < 1.29 is 5.82 Å². The Labute approximate surface area is 50.8 Å². The Morgan fingerprint density at radius 2 is 2.38 bits per heavy atom. The molecule has 0 heterocycles. The topological polar surface area (TPSA) is 12.0 Å². The van der Waals surface area contributed by atoms with Gasteiger partial charge < -0.3 is 5.32 Å². The molecule has 0 aromatic heterocycles. The zero-order chi connectivity index (χ0) is 6.04. The third-order valence-corrected chi connectivity index (χ3v) is 1.48. The van der Waals surface area contributed by atoms with E-state index in [4.69, 9.17) is 0 Å². The normalized spacial score (nSPS) is 23.2. The average Bonchev–Trinajstić information content (AvgIpc) is 2.45. The summed E-state index contributed by atoms with van der Waals surface area (Å²) in [5.41, 5.74) is -0.810. The molecule has 1 rings (SSSR count). The summed E-state index contributed by atoms with van der Waals surface area (Å²) in [5.74, 6) is 0. The van der Waals surface area contributed by atoms with Crippen LogP contribution in [-0.4, -0.2) is 18.8 Å². The van der Waals surface area contributed by atoms with Crippen LogP contribution in [0.25, 0.3) is 0 Å². The van der Waals surface area contributed by atoms with Gasteiger partial charge in [0.05, 0.1) is 0 Å². The molecule has 50 valence electrons. The van der Waals surface area contributed by atoms with Crippen molar-refractivity contribution >= 4 is 0 Å². The number of halogens is 1. The molecule has 1 aliphatic carbocycles. The van der Waals surface area contributed by atoms with Crippen LogP contribution in [0.15, 0.2) is 0 Å². The second kappa shape index (κ2) is 2.02. The van der Waals surface area contributed by atoms with E-state index in [0.717, 1.165) is 19.4 Å². The maximum Gasteiger partial charge on any atom is 0.123 e. The molecule has 0 radical (unpaired) electrons. The predicted molar refractivity (Wildman–Crippen MR) is 33.7 cm³/mol. The number of hydrogen-bond donors (Lipinski definition) is 1. The van der Waals surface area contributed by atoms with Gasteiger partial charge in [0, 0.05) is 7.97 Å². The molecule has 8 heavy (non-hydrogen) atoms. The number of alkyl halides is 1. The van der Waals surface area contributed by atoms with E-state index in [9.17, 15) is 4.39 Å². The zero-order valence-electron chi connectivity index (χ0n) is 5.21. The largest absolute Gasteiger partial charge is 0.314 e. The Kier molecular flexibility index (Phi) is 1.52. The molecule has 1 fully saturated rings. The van der Waals surface area contributed by atoms with Gasteiger partial charge in [-0.2, -0.15) is 0 Å². The maximum atomic E-state index is 12.6. The monoisotopic (exact) mass is 119 g/mol. The molecule has 0 unspecified atom stereocenters. The van der Waals surface area contributed by atoms with Crippen molar-refractivity contribution in [1.82, 2.24) is 5.32 Å². The van der Waals surface area contributed by atoms with Gasteiger partial charge in [-0.25, -0.2) is 4.39 Å². The third-order valence-electron chi connectivity index (χ3n) is 1.48. The summed E-state index contributed by atoms with van der Waals surface area (Å²) in [6.07, 6.45) is 1.53. The lowest BCUT2D eigenvalue weighted by atomic mass is 10.4. The maximum absolute atomic E-state index is 12.6. The van der Waals surface area contributed by atoms with Gasteiger partial charge in [0.25, 0.3) is 0 Å². The van der Waals surface area contributed by atoms with Crippen molar-refractivity contribution in [2.45, 2.75) is 25.4 Å². The smallest absolute Gasteiger partial charge is 0.123 e. The van der Waals surface area contributed by atoms with Crippen LogP contribution in [0.1, 0.15) is 21.2 Å². The fraction of sp³-hybridized carbons (Fsp3) is 1.00.